The number of halogens is 1. The molecule has 2 heterocycles. The molecule has 0 aliphatic heterocycles. The number of benzene rings is 1. The van der Waals surface area contributed by atoms with E-state index in [-0.39, 0.29) is 5.69 Å². The summed E-state index contributed by atoms with van der Waals surface area (Å²) in [7, 11) is 0. The molecule has 1 aromatic carbocycles. The summed E-state index contributed by atoms with van der Waals surface area (Å²) < 4.78 is 15.0. The Morgan fingerprint density at radius 2 is 2.00 bits per heavy atom. The van der Waals surface area contributed by atoms with E-state index < -0.39 is 11.9 Å². The zero-order chi connectivity index (χ0) is 15.5. The maximum Gasteiger partial charge on any atom is 0.358 e. The van der Waals surface area contributed by atoms with Gasteiger partial charge in [-0.1, -0.05) is 17.3 Å². The third kappa shape index (κ3) is 2.96. The molecule has 3 aromatic rings. The van der Waals surface area contributed by atoms with Gasteiger partial charge >= 0.3 is 5.97 Å². The maximum absolute atomic E-state index is 13.6. The summed E-state index contributed by atoms with van der Waals surface area (Å²) in [6, 6.07) is 10.4. The number of hydrogen-bond donors (Lipinski definition) is 1. The highest BCUT2D eigenvalue weighted by Crippen LogP contribution is 2.25. The maximum atomic E-state index is 13.6. The summed E-state index contributed by atoms with van der Waals surface area (Å²) in [6.45, 7) is 0. The Balaban J connectivity index is 1.79. The Kier molecular flexibility index (Phi) is 3.84. The topological polar surface area (TPSA) is 80.9 Å². The van der Waals surface area contributed by atoms with Crippen LogP contribution in [0.2, 0.25) is 0 Å². The smallest absolute Gasteiger partial charge is 0.358 e. The lowest BCUT2D eigenvalue weighted by Crippen LogP contribution is -1.95. The normalized spacial score (nSPS) is 10.6. The van der Waals surface area contributed by atoms with Gasteiger partial charge in [0.2, 0.25) is 5.95 Å². The van der Waals surface area contributed by atoms with Crippen LogP contribution in [0.5, 0.6) is 0 Å². The number of carboxylic acid groups (broad SMARTS) is 1. The van der Waals surface area contributed by atoms with Crippen LogP contribution in [0.4, 0.5) is 4.39 Å². The van der Waals surface area contributed by atoms with Crippen LogP contribution in [-0.4, -0.2) is 30.5 Å². The SMILES string of the molecule is O=C(O)c1cn(Sc2ccc(-c3cccnc3F)cc2)nn1. The summed E-state index contributed by atoms with van der Waals surface area (Å²) >= 11 is 1.20. The zero-order valence-electron chi connectivity index (χ0n) is 11.0. The predicted octanol–water partition coefficient (Wildman–Crippen LogP) is 2.73. The first kappa shape index (κ1) is 14.2. The molecule has 0 amide bonds. The molecule has 110 valence electrons. The minimum Gasteiger partial charge on any atom is -0.476 e. The largest absolute Gasteiger partial charge is 0.476 e. The predicted molar refractivity (Wildman–Crippen MR) is 77.9 cm³/mol. The minimum absolute atomic E-state index is 0.124. The van der Waals surface area contributed by atoms with Gasteiger partial charge in [0.15, 0.2) is 5.69 Å². The summed E-state index contributed by atoms with van der Waals surface area (Å²) in [5.74, 6) is -1.65. The van der Waals surface area contributed by atoms with Crippen molar-refractivity contribution in [1.82, 2.24) is 19.4 Å². The number of nitrogens with zero attached hydrogens (tertiary/aromatic N) is 4. The lowest BCUT2D eigenvalue weighted by atomic mass is 10.1. The molecule has 0 saturated carbocycles. The van der Waals surface area contributed by atoms with Gasteiger partial charge in [-0.3, -0.25) is 0 Å². The Bertz CT molecular complexity index is 820. The van der Waals surface area contributed by atoms with Crippen LogP contribution in [0.3, 0.4) is 0 Å². The van der Waals surface area contributed by atoms with Crippen LogP contribution < -0.4 is 0 Å². The number of hydrogen-bond acceptors (Lipinski definition) is 5. The van der Waals surface area contributed by atoms with Crippen molar-refractivity contribution < 1.29 is 14.3 Å². The van der Waals surface area contributed by atoms with Gasteiger partial charge in [0.05, 0.1) is 6.20 Å². The van der Waals surface area contributed by atoms with Gasteiger partial charge in [-0.05, 0) is 29.8 Å². The Labute approximate surface area is 128 Å². The quantitative estimate of drug-likeness (QED) is 0.745. The van der Waals surface area contributed by atoms with E-state index >= 15 is 0 Å². The second-order valence-corrected chi connectivity index (χ2v) is 5.30. The van der Waals surface area contributed by atoms with Crippen molar-refractivity contribution in [2.45, 2.75) is 4.90 Å². The van der Waals surface area contributed by atoms with Crippen LogP contribution in [-0.2, 0) is 0 Å². The second kappa shape index (κ2) is 5.94. The van der Waals surface area contributed by atoms with Crippen LogP contribution in [0.1, 0.15) is 10.5 Å². The number of rotatable bonds is 4. The molecule has 22 heavy (non-hydrogen) atoms. The van der Waals surface area contributed by atoms with Gasteiger partial charge in [-0.15, -0.1) is 5.10 Å². The van der Waals surface area contributed by atoms with Crippen molar-refractivity contribution >= 4 is 17.9 Å². The molecule has 0 aliphatic carbocycles. The number of carbonyl (C=O) groups is 1. The third-order valence-electron chi connectivity index (χ3n) is 2.82. The molecule has 2 aromatic heterocycles. The molecule has 6 nitrogen and oxygen atoms in total. The zero-order valence-corrected chi connectivity index (χ0v) is 11.9. The van der Waals surface area contributed by atoms with Crippen LogP contribution in [0.15, 0.2) is 53.7 Å². The number of pyridine rings is 1. The fraction of sp³-hybridized carbons (Fsp3) is 0. The molecule has 0 radical (unpaired) electrons. The summed E-state index contributed by atoms with van der Waals surface area (Å²) in [6.07, 6.45) is 2.72. The van der Waals surface area contributed by atoms with E-state index in [2.05, 4.69) is 15.3 Å². The van der Waals surface area contributed by atoms with E-state index in [0.29, 0.717) is 11.1 Å². The molecule has 8 heteroatoms. The number of carboxylic acids is 1. The van der Waals surface area contributed by atoms with Gasteiger partial charge in [-0.25, -0.2) is 9.78 Å². The molecular formula is C14H9FN4O2S. The Morgan fingerprint density at radius 3 is 2.64 bits per heavy atom. The van der Waals surface area contributed by atoms with Gasteiger partial charge in [0.25, 0.3) is 0 Å². The molecule has 1 N–H and O–H groups in total. The fourth-order valence-corrected chi connectivity index (χ4v) is 2.50. The average Bonchev–Trinajstić information content (AvgIpc) is 2.98. The molecule has 0 atom stereocenters. The molecule has 0 unspecified atom stereocenters. The highest BCUT2D eigenvalue weighted by molar-refractivity contribution is 7.97. The van der Waals surface area contributed by atoms with Gasteiger partial charge in [0.1, 0.15) is 0 Å². The van der Waals surface area contributed by atoms with E-state index in [0.717, 1.165) is 4.90 Å². The summed E-state index contributed by atoms with van der Waals surface area (Å²) in [4.78, 5) is 15.2. The Hall–Kier alpha value is -2.74. The van der Waals surface area contributed by atoms with Crippen molar-refractivity contribution in [3.8, 4) is 11.1 Å². The monoisotopic (exact) mass is 316 g/mol. The van der Waals surface area contributed by atoms with Crippen molar-refractivity contribution in [1.29, 1.82) is 0 Å². The summed E-state index contributed by atoms with van der Waals surface area (Å²) in [5, 5.41) is 16.0. The first-order chi connectivity index (χ1) is 10.6. The van der Waals surface area contributed by atoms with Crippen molar-refractivity contribution in [2.75, 3.05) is 0 Å². The average molecular weight is 316 g/mol. The molecule has 0 saturated heterocycles. The third-order valence-corrected chi connectivity index (χ3v) is 3.66. The first-order valence-electron chi connectivity index (χ1n) is 6.18. The molecule has 0 spiro atoms. The van der Waals surface area contributed by atoms with E-state index in [9.17, 15) is 9.18 Å². The van der Waals surface area contributed by atoms with E-state index in [1.165, 1.54) is 28.4 Å². The highest BCUT2D eigenvalue weighted by Gasteiger charge is 2.09. The molecule has 0 bridgehead atoms. The van der Waals surface area contributed by atoms with E-state index in [4.69, 9.17) is 5.11 Å². The van der Waals surface area contributed by atoms with Crippen LogP contribution in [0.25, 0.3) is 11.1 Å². The van der Waals surface area contributed by atoms with Crippen molar-refractivity contribution in [2.24, 2.45) is 0 Å². The van der Waals surface area contributed by atoms with E-state index in [1.807, 2.05) is 0 Å². The number of aromatic nitrogens is 4. The number of aromatic carboxylic acids is 1. The fourth-order valence-electron chi connectivity index (χ4n) is 1.80. The van der Waals surface area contributed by atoms with Crippen LogP contribution >= 0.6 is 11.9 Å². The van der Waals surface area contributed by atoms with Gasteiger partial charge < -0.3 is 5.11 Å². The van der Waals surface area contributed by atoms with Crippen molar-refractivity contribution in [3.63, 3.8) is 0 Å². The summed E-state index contributed by atoms with van der Waals surface area (Å²) in [5.41, 5.74) is 1.01. The van der Waals surface area contributed by atoms with Gasteiger partial charge in [0, 0.05) is 28.6 Å². The van der Waals surface area contributed by atoms with Gasteiger partial charge in [-0.2, -0.15) is 8.48 Å². The minimum atomic E-state index is -1.13. The highest BCUT2D eigenvalue weighted by atomic mass is 32.2. The molecule has 0 fully saturated rings. The first-order valence-corrected chi connectivity index (χ1v) is 6.96. The lowest BCUT2D eigenvalue weighted by molar-refractivity contribution is 0.0690. The molecular weight excluding hydrogens is 307 g/mol. The van der Waals surface area contributed by atoms with E-state index in [1.54, 1.807) is 36.4 Å². The Morgan fingerprint density at radius 1 is 1.23 bits per heavy atom. The van der Waals surface area contributed by atoms with Crippen LogP contribution in [0, 0.1) is 5.95 Å². The second-order valence-electron chi connectivity index (χ2n) is 4.27. The molecule has 0 aliphatic rings. The van der Waals surface area contributed by atoms with Crippen molar-refractivity contribution in [3.05, 3.63) is 60.4 Å². The standard InChI is InChI=1S/C14H9FN4O2S/c15-13-11(2-1-7-16-13)9-3-5-10(6-4-9)22-19-8-12(14(20)21)17-18-19/h1-8H,(H,20,21). The molecule has 3 rings (SSSR count). The lowest BCUT2D eigenvalue weighted by Gasteiger charge is -2.04.